The van der Waals surface area contributed by atoms with Crippen molar-refractivity contribution >= 4 is 11.6 Å². The maximum absolute atomic E-state index is 13.7. The summed E-state index contributed by atoms with van der Waals surface area (Å²) < 4.78 is 27.1. The molecule has 0 aromatic carbocycles. The summed E-state index contributed by atoms with van der Waals surface area (Å²) in [5, 5.41) is 0. The lowest BCUT2D eigenvalue weighted by Crippen LogP contribution is -2.66. The molecule has 1 amide bonds. The Morgan fingerprint density at radius 1 is 1.29 bits per heavy atom. The number of fused-ring (bicyclic) bond motifs is 1. The van der Waals surface area contributed by atoms with E-state index in [1.807, 2.05) is 24.4 Å². The number of aromatic nitrogens is 3. The molecule has 28 heavy (non-hydrogen) atoms. The van der Waals surface area contributed by atoms with Gasteiger partial charge >= 0.3 is 0 Å². The molecule has 0 N–H and O–H groups in total. The minimum absolute atomic E-state index is 0.00235. The van der Waals surface area contributed by atoms with Crippen LogP contribution in [0.15, 0.2) is 48.9 Å². The molecule has 5 rings (SSSR count). The Morgan fingerprint density at radius 3 is 3.04 bits per heavy atom. The molecule has 2 aliphatic heterocycles. The van der Waals surface area contributed by atoms with E-state index in [9.17, 15) is 9.18 Å². The first-order chi connectivity index (χ1) is 13.7. The van der Waals surface area contributed by atoms with Crippen molar-refractivity contribution in [1.29, 1.82) is 0 Å². The van der Waals surface area contributed by atoms with Gasteiger partial charge in [0.05, 0.1) is 25.9 Å². The van der Waals surface area contributed by atoms with Crippen molar-refractivity contribution in [2.45, 2.75) is 12.0 Å². The standard InChI is InChI=1S/C20H19FN4O3/c21-15-4-3-7-22-18(15)27-11-14-6-9-28-20(14)12-24(13-20)19(26)16-10-23-17-5-1-2-8-25(16)17/h1-5,7-8,10,14H,6,9,11-13H2/t14-/m0/s1. The fourth-order valence-electron chi connectivity index (χ4n) is 4.02. The monoisotopic (exact) mass is 382 g/mol. The molecule has 3 aromatic heterocycles. The van der Waals surface area contributed by atoms with Crippen LogP contribution < -0.4 is 4.74 Å². The largest absolute Gasteiger partial charge is 0.475 e. The molecule has 0 saturated carbocycles. The number of hydrogen-bond donors (Lipinski definition) is 0. The normalized spacial score (nSPS) is 20.5. The number of ether oxygens (including phenoxy) is 2. The first-order valence-electron chi connectivity index (χ1n) is 9.25. The van der Waals surface area contributed by atoms with Crippen LogP contribution in [0, 0.1) is 11.7 Å². The number of likely N-dealkylation sites (tertiary alicyclic amines) is 1. The molecule has 8 heteroatoms. The van der Waals surface area contributed by atoms with Crippen molar-refractivity contribution < 1.29 is 18.7 Å². The third kappa shape index (κ3) is 2.72. The number of rotatable bonds is 4. The zero-order chi connectivity index (χ0) is 19.1. The summed E-state index contributed by atoms with van der Waals surface area (Å²) in [4.78, 5) is 22.9. The van der Waals surface area contributed by atoms with Gasteiger partial charge in [-0.15, -0.1) is 0 Å². The molecule has 1 atom stereocenters. The van der Waals surface area contributed by atoms with Gasteiger partial charge in [0, 0.05) is 24.9 Å². The van der Waals surface area contributed by atoms with E-state index in [4.69, 9.17) is 9.47 Å². The van der Waals surface area contributed by atoms with Crippen LogP contribution in [0.5, 0.6) is 5.88 Å². The molecule has 2 saturated heterocycles. The average Bonchev–Trinajstić information content (AvgIpc) is 3.30. The van der Waals surface area contributed by atoms with Gasteiger partial charge in [0.2, 0.25) is 5.88 Å². The van der Waals surface area contributed by atoms with Crippen LogP contribution in [0.3, 0.4) is 0 Å². The zero-order valence-corrected chi connectivity index (χ0v) is 15.1. The number of hydrogen-bond acceptors (Lipinski definition) is 5. The van der Waals surface area contributed by atoms with Crippen molar-refractivity contribution in [2.24, 2.45) is 5.92 Å². The van der Waals surface area contributed by atoms with Gasteiger partial charge in [-0.05, 0) is 30.7 Å². The topological polar surface area (TPSA) is 69.0 Å². The van der Waals surface area contributed by atoms with Crippen LogP contribution in [0.1, 0.15) is 16.9 Å². The van der Waals surface area contributed by atoms with Crippen LogP contribution in [-0.2, 0) is 4.74 Å². The van der Waals surface area contributed by atoms with Crippen molar-refractivity contribution in [2.75, 3.05) is 26.3 Å². The van der Waals surface area contributed by atoms with Crippen LogP contribution >= 0.6 is 0 Å². The van der Waals surface area contributed by atoms with Gasteiger partial charge in [0.15, 0.2) is 5.82 Å². The minimum atomic E-state index is -0.478. The van der Waals surface area contributed by atoms with Gasteiger partial charge in [0.1, 0.15) is 16.9 Å². The van der Waals surface area contributed by atoms with E-state index in [1.165, 1.54) is 18.3 Å². The molecule has 0 unspecified atom stereocenters. The lowest BCUT2D eigenvalue weighted by molar-refractivity contribution is -0.122. The van der Waals surface area contributed by atoms with Gasteiger partial charge in [-0.1, -0.05) is 6.07 Å². The van der Waals surface area contributed by atoms with Crippen molar-refractivity contribution in [3.63, 3.8) is 0 Å². The molecular formula is C20H19FN4O3. The van der Waals surface area contributed by atoms with E-state index in [-0.39, 0.29) is 17.7 Å². The highest BCUT2D eigenvalue weighted by Gasteiger charge is 2.55. The molecule has 1 spiro atoms. The highest BCUT2D eigenvalue weighted by Crippen LogP contribution is 2.40. The predicted octanol–water partition coefficient (Wildman–Crippen LogP) is 2.18. The summed E-state index contributed by atoms with van der Waals surface area (Å²) in [6.07, 6.45) is 5.74. The number of halogens is 1. The fourth-order valence-corrected chi connectivity index (χ4v) is 4.02. The number of carbonyl (C=O) groups is 1. The van der Waals surface area contributed by atoms with Gasteiger partial charge in [-0.3, -0.25) is 9.20 Å². The highest BCUT2D eigenvalue weighted by atomic mass is 19.1. The fraction of sp³-hybridized carbons (Fsp3) is 0.350. The van der Waals surface area contributed by atoms with Gasteiger partial charge in [0.25, 0.3) is 5.91 Å². The van der Waals surface area contributed by atoms with E-state index in [0.717, 1.165) is 12.1 Å². The number of carbonyl (C=O) groups excluding carboxylic acids is 1. The summed E-state index contributed by atoms with van der Waals surface area (Å²) in [7, 11) is 0. The maximum Gasteiger partial charge on any atom is 0.272 e. The van der Waals surface area contributed by atoms with E-state index < -0.39 is 11.4 Å². The second kappa shape index (κ2) is 6.56. The molecule has 2 aliphatic rings. The van der Waals surface area contributed by atoms with Crippen LogP contribution in [-0.4, -0.2) is 57.1 Å². The highest BCUT2D eigenvalue weighted by molar-refractivity contribution is 5.94. The van der Waals surface area contributed by atoms with Gasteiger partial charge in [-0.2, -0.15) is 0 Å². The Labute approximate surface area is 160 Å². The Balaban J connectivity index is 1.26. The van der Waals surface area contributed by atoms with E-state index >= 15 is 0 Å². The lowest BCUT2D eigenvalue weighted by Gasteiger charge is -2.49. The summed E-state index contributed by atoms with van der Waals surface area (Å²) in [6.45, 7) is 1.90. The first kappa shape index (κ1) is 17.1. The molecule has 0 bridgehead atoms. The Bertz CT molecular complexity index is 1030. The maximum atomic E-state index is 13.7. The summed E-state index contributed by atoms with van der Waals surface area (Å²) in [5.41, 5.74) is 0.843. The molecule has 2 fully saturated rings. The Morgan fingerprint density at radius 2 is 2.18 bits per heavy atom. The molecule has 3 aromatic rings. The van der Waals surface area contributed by atoms with Gasteiger partial charge < -0.3 is 14.4 Å². The SMILES string of the molecule is O=C(c1cnc2ccccn12)N1CC2(C1)OCC[C@H]2COc1ncccc1F. The van der Waals surface area contributed by atoms with E-state index in [1.54, 1.807) is 15.5 Å². The predicted molar refractivity (Wildman–Crippen MR) is 97.6 cm³/mol. The summed E-state index contributed by atoms with van der Waals surface area (Å²) >= 11 is 0. The van der Waals surface area contributed by atoms with Gasteiger partial charge in [-0.25, -0.2) is 14.4 Å². The first-order valence-corrected chi connectivity index (χ1v) is 9.25. The summed E-state index contributed by atoms with van der Waals surface area (Å²) in [5.74, 6) is -0.466. The molecule has 0 aliphatic carbocycles. The quantitative estimate of drug-likeness (QED) is 0.692. The van der Waals surface area contributed by atoms with E-state index in [2.05, 4.69) is 9.97 Å². The molecule has 5 heterocycles. The molecule has 0 radical (unpaired) electrons. The van der Waals surface area contributed by atoms with Crippen LogP contribution in [0.25, 0.3) is 5.65 Å². The second-order valence-corrected chi connectivity index (χ2v) is 7.23. The smallest absolute Gasteiger partial charge is 0.272 e. The third-order valence-electron chi connectivity index (χ3n) is 5.59. The Kier molecular flexibility index (Phi) is 4.01. The number of amides is 1. The number of imidazole rings is 1. The van der Waals surface area contributed by atoms with Crippen molar-refractivity contribution in [3.05, 3.63) is 60.4 Å². The average molecular weight is 382 g/mol. The van der Waals surface area contributed by atoms with Crippen molar-refractivity contribution in [3.8, 4) is 5.88 Å². The van der Waals surface area contributed by atoms with E-state index in [0.29, 0.717) is 32.0 Å². The number of pyridine rings is 2. The van der Waals surface area contributed by atoms with Crippen LogP contribution in [0.4, 0.5) is 4.39 Å². The third-order valence-corrected chi connectivity index (χ3v) is 5.59. The zero-order valence-electron chi connectivity index (χ0n) is 15.1. The Hall–Kier alpha value is -3.00. The molecule has 144 valence electrons. The van der Waals surface area contributed by atoms with Crippen LogP contribution in [0.2, 0.25) is 0 Å². The molecular weight excluding hydrogens is 363 g/mol. The van der Waals surface area contributed by atoms with Crippen molar-refractivity contribution in [1.82, 2.24) is 19.3 Å². The minimum Gasteiger partial charge on any atom is -0.475 e. The number of nitrogens with zero attached hydrogens (tertiary/aromatic N) is 4. The lowest BCUT2D eigenvalue weighted by atomic mass is 9.81. The second-order valence-electron chi connectivity index (χ2n) is 7.23. The summed E-state index contributed by atoms with van der Waals surface area (Å²) in [6, 6.07) is 8.46. The molecule has 7 nitrogen and oxygen atoms in total.